The number of esters is 1. The van der Waals surface area contributed by atoms with Crippen LogP contribution in [0.25, 0.3) is 0 Å². The molecule has 1 aliphatic rings. The van der Waals surface area contributed by atoms with Crippen molar-refractivity contribution >= 4 is 40.0 Å². The number of aryl methyl sites for hydroxylation is 3. The van der Waals surface area contributed by atoms with Crippen molar-refractivity contribution in [3.8, 4) is 5.75 Å². The lowest BCUT2D eigenvalue weighted by molar-refractivity contribution is -0.113. The normalized spacial score (nSPS) is 12.6. The lowest BCUT2D eigenvalue weighted by Gasteiger charge is -2.12. The number of hydrogen-bond donors (Lipinski definition) is 1. The SMILES string of the molecule is C=CCn1c(COc2cc(C)ccc2C)nnc1SCC(=O)Nc1sc2c(c1C(=O)OC)CCCC2. The van der Waals surface area contributed by atoms with Crippen molar-refractivity contribution in [3.63, 3.8) is 0 Å². The fourth-order valence-electron chi connectivity index (χ4n) is 4.11. The highest BCUT2D eigenvalue weighted by Gasteiger charge is 2.27. The minimum atomic E-state index is -0.406. The number of thiophene rings is 1. The van der Waals surface area contributed by atoms with E-state index < -0.39 is 5.97 Å². The Labute approximate surface area is 219 Å². The summed E-state index contributed by atoms with van der Waals surface area (Å²) in [6, 6.07) is 6.06. The highest BCUT2D eigenvalue weighted by molar-refractivity contribution is 7.99. The van der Waals surface area contributed by atoms with Crippen molar-refractivity contribution < 1.29 is 19.1 Å². The van der Waals surface area contributed by atoms with Gasteiger partial charge in [-0.05, 0) is 62.3 Å². The van der Waals surface area contributed by atoms with Crippen LogP contribution in [0.4, 0.5) is 5.00 Å². The van der Waals surface area contributed by atoms with Gasteiger partial charge in [0.15, 0.2) is 11.0 Å². The fraction of sp³-hybridized carbons (Fsp3) is 0.385. The van der Waals surface area contributed by atoms with Gasteiger partial charge < -0.3 is 14.8 Å². The molecular weight excluding hydrogens is 496 g/mol. The smallest absolute Gasteiger partial charge is 0.341 e. The van der Waals surface area contributed by atoms with Gasteiger partial charge in [-0.15, -0.1) is 28.1 Å². The highest BCUT2D eigenvalue weighted by atomic mass is 32.2. The first-order valence-corrected chi connectivity index (χ1v) is 13.6. The molecule has 4 rings (SSSR count). The summed E-state index contributed by atoms with van der Waals surface area (Å²) >= 11 is 2.75. The molecule has 0 fully saturated rings. The maximum atomic E-state index is 12.8. The van der Waals surface area contributed by atoms with Gasteiger partial charge in [0.1, 0.15) is 17.4 Å². The van der Waals surface area contributed by atoms with Crippen molar-refractivity contribution in [2.24, 2.45) is 0 Å². The number of nitrogens with one attached hydrogen (secondary N) is 1. The molecule has 0 radical (unpaired) electrons. The summed E-state index contributed by atoms with van der Waals surface area (Å²) in [5.41, 5.74) is 3.67. The molecule has 190 valence electrons. The van der Waals surface area contributed by atoms with Crippen LogP contribution < -0.4 is 10.1 Å². The average molecular weight is 527 g/mol. The maximum absolute atomic E-state index is 12.8. The van der Waals surface area contributed by atoms with Gasteiger partial charge in [-0.1, -0.05) is 30.0 Å². The van der Waals surface area contributed by atoms with Crippen molar-refractivity contribution in [2.45, 2.75) is 57.8 Å². The van der Waals surface area contributed by atoms with E-state index in [0.29, 0.717) is 28.1 Å². The second-order valence-corrected chi connectivity index (χ2v) is 10.6. The van der Waals surface area contributed by atoms with E-state index >= 15 is 0 Å². The van der Waals surface area contributed by atoms with Crippen LogP contribution in [0.15, 0.2) is 36.0 Å². The Morgan fingerprint density at radius 1 is 1.25 bits per heavy atom. The summed E-state index contributed by atoms with van der Waals surface area (Å²) in [7, 11) is 1.37. The van der Waals surface area contributed by atoms with Gasteiger partial charge in [-0.2, -0.15) is 0 Å². The van der Waals surface area contributed by atoms with E-state index in [4.69, 9.17) is 9.47 Å². The topological polar surface area (TPSA) is 95.3 Å². The van der Waals surface area contributed by atoms with E-state index in [9.17, 15) is 9.59 Å². The molecule has 1 N–H and O–H groups in total. The van der Waals surface area contributed by atoms with Crippen LogP contribution in [-0.4, -0.2) is 39.5 Å². The van der Waals surface area contributed by atoms with Crippen molar-refractivity contribution in [1.29, 1.82) is 0 Å². The molecular formula is C26H30N4O4S2. The number of thioether (sulfide) groups is 1. The average Bonchev–Trinajstić information content (AvgIpc) is 3.43. The van der Waals surface area contributed by atoms with Gasteiger partial charge in [0.2, 0.25) is 5.91 Å². The predicted octanol–water partition coefficient (Wildman–Crippen LogP) is 5.12. The van der Waals surface area contributed by atoms with Gasteiger partial charge in [-0.3, -0.25) is 9.36 Å². The number of amides is 1. The van der Waals surface area contributed by atoms with E-state index in [2.05, 4.69) is 22.1 Å². The summed E-state index contributed by atoms with van der Waals surface area (Å²) < 4.78 is 12.9. The number of carbonyl (C=O) groups excluding carboxylic acids is 2. The van der Waals surface area contributed by atoms with E-state index in [0.717, 1.165) is 53.0 Å². The number of fused-ring (bicyclic) bond motifs is 1. The molecule has 1 aromatic carbocycles. The van der Waals surface area contributed by atoms with Crippen LogP contribution in [-0.2, 0) is 35.5 Å². The zero-order chi connectivity index (χ0) is 25.7. The number of rotatable bonds is 10. The molecule has 2 heterocycles. The monoisotopic (exact) mass is 526 g/mol. The summed E-state index contributed by atoms with van der Waals surface area (Å²) in [4.78, 5) is 26.4. The minimum absolute atomic E-state index is 0.121. The zero-order valence-corrected chi connectivity index (χ0v) is 22.4. The molecule has 10 heteroatoms. The second-order valence-electron chi connectivity index (χ2n) is 8.60. The first kappa shape index (κ1) is 26.0. The van der Waals surface area contributed by atoms with Crippen molar-refractivity contribution in [1.82, 2.24) is 14.8 Å². The molecule has 36 heavy (non-hydrogen) atoms. The first-order valence-electron chi connectivity index (χ1n) is 11.8. The number of allylic oxidation sites excluding steroid dienone is 1. The number of anilines is 1. The molecule has 2 aromatic heterocycles. The van der Waals surface area contributed by atoms with Crippen LogP contribution in [0.3, 0.4) is 0 Å². The summed E-state index contributed by atoms with van der Waals surface area (Å²) in [6.07, 6.45) is 5.63. The molecule has 0 saturated heterocycles. The number of aromatic nitrogens is 3. The number of benzene rings is 1. The quantitative estimate of drug-likeness (QED) is 0.223. The largest absolute Gasteiger partial charge is 0.485 e. The van der Waals surface area contributed by atoms with Crippen molar-refractivity contribution in [3.05, 3.63) is 63.8 Å². The molecule has 0 spiro atoms. The Hall–Kier alpha value is -3.11. The Balaban J connectivity index is 1.43. The molecule has 0 saturated carbocycles. The molecule has 3 aromatic rings. The summed E-state index contributed by atoms with van der Waals surface area (Å²) in [6.45, 7) is 8.59. The van der Waals surface area contributed by atoms with Crippen LogP contribution in [0.5, 0.6) is 5.75 Å². The Kier molecular flexibility index (Phi) is 8.48. The van der Waals surface area contributed by atoms with Gasteiger partial charge in [-0.25, -0.2) is 4.79 Å². The molecule has 0 atom stereocenters. The summed E-state index contributed by atoms with van der Waals surface area (Å²) in [5.74, 6) is 0.951. The van der Waals surface area contributed by atoms with Gasteiger partial charge in [0, 0.05) is 11.4 Å². The highest BCUT2D eigenvalue weighted by Crippen LogP contribution is 2.38. The first-order chi connectivity index (χ1) is 17.4. The van der Waals surface area contributed by atoms with Crippen LogP contribution in [0, 0.1) is 13.8 Å². The number of methoxy groups -OCH3 is 1. The number of hydrogen-bond acceptors (Lipinski definition) is 8. The summed E-state index contributed by atoms with van der Waals surface area (Å²) in [5, 5.41) is 12.6. The maximum Gasteiger partial charge on any atom is 0.341 e. The van der Waals surface area contributed by atoms with Crippen LogP contribution >= 0.6 is 23.1 Å². The lowest BCUT2D eigenvalue weighted by Crippen LogP contribution is -2.17. The fourth-order valence-corrected chi connectivity index (χ4v) is 6.18. The number of nitrogens with zero attached hydrogens (tertiary/aromatic N) is 3. The van der Waals surface area contributed by atoms with Gasteiger partial charge in [0.05, 0.1) is 18.4 Å². The van der Waals surface area contributed by atoms with E-state index in [1.165, 1.54) is 30.2 Å². The molecule has 0 bridgehead atoms. The molecule has 8 nitrogen and oxygen atoms in total. The third kappa shape index (κ3) is 5.82. The van der Waals surface area contributed by atoms with Gasteiger partial charge in [0.25, 0.3) is 0 Å². The standard InChI is InChI=1S/C26H30N4O4S2/c1-5-12-30-21(14-34-19-13-16(2)10-11-17(19)3)28-29-26(30)35-15-22(31)27-24-23(25(32)33-4)18-8-6-7-9-20(18)36-24/h5,10-11,13H,1,6-9,12,14-15H2,2-4H3,(H,27,31). The number of ether oxygens (including phenoxy) is 2. The predicted molar refractivity (Wildman–Crippen MR) is 142 cm³/mol. The lowest BCUT2D eigenvalue weighted by atomic mass is 9.95. The third-order valence-corrected chi connectivity index (χ3v) is 8.13. The van der Waals surface area contributed by atoms with E-state index in [-0.39, 0.29) is 18.3 Å². The van der Waals surface area contributed by atoms with E-state index in [1.54, 1.807) is 6.08 Å². The van der Waals surface area contributed by atoms with Crippen LogP contribution in [0.1, 0.15) is 50.6 Å². The Bertz CT molecular complexity index is 1280. The minimum Gasteiger partial charge on any atom is -0.485 e. The van der Waals surface area contributed by atoms with E-state index in [1.807, 2.05) is 36.6 Å². The molecule has 1 aliphatic carbocycles. The Morgan fingerprint density at radius 3 is 2.83 bits per heavy atom. The third-order valence-electron chi connectivity index (χ3n) is 5.95. The zero-order valence-electron chi connectivity index (χ0n) is 20.8. The Morgan fingerprint density at radius 2 is 2.06 bits per heavy atom. The molecule has 0 aliphatic heterocycles. The molecule has 1 amide bonds. The van der Waals surface area contributed by atoms with Crippen LogP contribution in [0.2, 0.25) is 0 Å². The second kappa shape index (κ2) is 11.7. The van der Waals surface area contributed by atoms with Gasteiger partial charge >= 0.3 is 5.97 Å². The number of carbonyl (C=O) groups is 2. The van der Waals surface area contributed by atoms with Crippen molar-refractivity contribution in [2.75, 3.05) is 18.2 Å². The molecule has 0 unspecified atom stereocenters.